The molecule has 0 aromatic carbocycles. The highest BCUT2D eigenvalue weighted by Crippen LogP contribution is 2.25. The van der Waals surface area contributed by atoms with Gasteiger partial charge in [0, 0.05) is 6.04 Å². The van der Waals surface area contributed by atoms with Gasteiger partial charge in [-0.05, 0) is 36.8 Å². The fourth-order valence-corrected chi connectivity index (χ4v) is 2.88. The second kappa shape index (κ2) is 5.50. The first-order valence-electron chi connectivity index (χ1n) is 5.25. The minimum absolute atomic E-state index is 0.452. The maximum absolute atomic E-state index is 4.31. The Hall–Kier alpha value is -0.810. The standard InChI is InChI=1S/C11H15N3S2/c1-8(3-5-15-2)14-11-10-9(4-6-16-10)12-7-13-11/h4,6-8H,3,5H2,1-2H3,(H,12,13,14). The van der Waals surface area contributed by atoms with E-state index in [1.807, 2.05) is 17.8 Å². The molecule has 0 aliphatic rings. The van der Waals surface area contributed by atoms with E-state index in [0.717, 1.165) is 22.5 Å². The van der Waals surface area contributed by atoms with Crippen LogP contribution in [0.3, 0.4) is 0 Å². The molecular formula is C11H15N3S2. The van der Waals surface area contributed by atoms with Crippen molar-refractivity contribution < 1.29 is 0 Å². The summed E-state index contributed by atoms with van der Waals surface area (Å²) in [5.74, 6) is 2.14. The minimum Gasteiger partial charge on any atom is -0.366 e. The Balaban J connectivity index is 2.11. The average Bonchev–Trinajstić information content (AvgIpc) is 2.75. The van der Waals surface area contributed by atoms with Crippen LogP contribution in [-0.2, 0) is 0 Å². The molecule has 0 fully saturated rings. The highest BCUT2D eigenvalue weighted by Gasteiger charge is 2.07. The van der Waals surface area contributed by atoms with Gasteiger partial charge in [0.25, 0.3) is 0 Å². The number of hydrogen-bond acceptors (Lipinski definition) is 5. The summed E-state index contributed by atoms with van der Waals surface area (Å²) in [5, 5.41) is 5.50. The molecule has 1 unspecified atom stereocenters. The van der Waals surface area contributed by atoms with E-state index in [4.69, 9.17) is 0 Å². The summed E-state index contributed by atoms with van der Waals surface area (Å²) in [4.78, 5) is 8.54. The fourth-order valence-electron chi connectivity index (χ4n) is 1.49. The van der Waals surface area contributed by atoms with Crippen LogP contribution in [0, 0.1) is 0 Å². The summed E-state index contributed by atoms with van der Waals surface area (Å²) >= 11 is 3.56. The van der Waals surface area contributed by atoms with Crippen molar-refractivity contribution in [1.29, 1.82) is 0 Å². The molecular weight excluding hydrogens is 238 g/mol. The number of aromatic nitrogens is 2. The lowest BCUT2D eigenvalue weighted by Crippen LogP contribution is -2.16. The quantitative estimate of drug-likeness (QED) is 0.887. The molecule has 2 aromatic heterocycles. The molecule has 2 heterocycles. The van der Waals surface area contributed by atoms with Crippen molar-refractivity contribution in [2.45, 2.75) is 19.4 Å². The molecule has 2 rings (SSSR count). The molecule has 0 radical (unpaired) electrons. The Morgan fingerprint density at radius 1 is 1.50 bits per heavy atom. The molecule has 0 aliphatic carbocycles. The van der Waals surface area contributed by atoms with Crippen molar-refractivity contribution in [1.82, 2.24) is 9.97 Å². The zero-order valence-electron chi connectivity index (χ0n) is 9.43. The van der Waals surface area contributed by atoms with E-state index in [9.17, 15) is 0 Å². The highest BCUT2D eigenvalue weighted by atomic mass is 32.2. The molecule has 0 saturated heterocycles. The second-order valence-electron chi connectivity index (χ2n) is 3.68. The third kappa shape index (κ3) is 2.65. The van der Waals surface area contributed by atoms with Gasteiger partial charge < -0.3 is 5.32 Å². The first-order chi connectivity index (χ1) is 7.81. The molecule has 1 N–H and O–H groups in total. The van der Waals surface area contributed by atoms with Crippen LogP contribution < -0.4 is 5.32 Å². The first kappa shape index (κ1) is 11.7. The van der Waals surface area contributed by atoms with Gasteiger partial charge in [-0.3, -0.25) is 0 Å². The maximum atomic E-state index is 4.31. The molecule has 0 saturated carbocycles. The predicted molar refractivity (Wildman–Crippen MR) is 73.5 cm³/mol. The number of rotatable bonds is 5. The van der Waals surface area contributed by atoms with Crippen LogP contribution in [0.2, 0.25) is 0 Å². The third-order valence-electron chi connectivity index (χ3n) is 2.38. The summed E-state index contributed by atoms with van der Waals surface area (Å²) < 4.78 is 1.15. The molecule has 16 heavy (non-hydrogen) atoms. The van der Waals surface area contributed by atoms with Crippen molar-refractivity contribution >= 4 is 39.1 Å². The van der Waals surface area contributed by atoms with Gasteiger partial charge in [0.2, 0.25) is 0 Å². The van der Waals surface area contributed by atoms with Crippen LogP contribution in [-0.4, -0.2) is 28.0 Å². The van der Waals surface area contributed by atoms with Gasteiger partial charge in [0.1, 0.15) is 12.1 Å². The Bertz CT molecular complexity index is 455. The number of hydrogen-bond donors (Lipinski definition) is 1. The smallest absolute Gasteiger partial charge is 0.147 e. The first-order valence-corrected chi connectivity index (χ1v) is 7.52. The second-order valence-corrected chi connectivity index (χ2v) is 5.59. The Morgan fingerprint density at radius 2 is 2.38 bits per heavy atom. The molecule has 0 spiro atoms. The monoisotopic (exact) mass is 253 g/mol. The van der Waals surface area contributed by atoms with E-state index < -0.39 is 0 Å². The summed E-state index contributed by atoms with van der Waals surface area (Å²) in [5.41, 5.74) is 1.03. The number of thioether (sulfide) groups is 1. The van der Waals surface area contributed by atoms with Crippen LogP contribution in [0.15, 0.2) is 17.8 Å². The normalized spacial score (nSPS) is 12.9. The molecule has 0 aliphatic heterocycles. The topological polar surface area (TPSA) is 37.8 Å². The van der Waals surface area contributed by atoms with Gasteiger partial charge in [0.15, 0.2) is 0 Å². The van der Waals surface area contributed by atoms with Gasteiger partial charge in [-0.1, -0.05) is 0 Å². The van der Waals surface area contributed by atoms with Gasteiger partial charge >= 0.3 is 0 Å². The SMILES string of the molecule is CSCCC(C)Nc1ncnc2ccsc12. The summed E-state index contributed by atoms with van der Waals surface area (Å²) in [6.07, 6.45) is 4.91. The van der Waals surface area contributed by atoms with Crippen LogP contribution in [0.5, 0.6) is 0 Å². The molecule has 0 bridgehead atoms. The van der Waals surface area contributed by atoms with Crippen LogP contribution >= 0.6 is 23.1 Å². The largest absolute Gasteiger partial charge is 0.366 e. The molecule has 0 amide bonds. The summed E-state index contributed by atoms with van der Waals surface area (Å²) in [6.45, 7) is 2.19. The molecule has 5 heteroatoms. The van der Waals surface area contributed by atoms with Gasteiger partial charge in [-0.15, -0.1) is 11.3 Å². The van der Waals surface area contributed by atoms with E-state index in [1.54, 1.807) is 17.7 Å². The average molecular weight is 253 g/mol. The zero-order valence-corrected chi connectivity index (χ0v) is 11.1. The number of anilines is 1. The molecule has 2 aromatic rings. The lowest BCUT2D eigenvalue weighted by Gasteiger charge is -2.13. The third-order valence-corrected chi connectivity index (χ3v) is 3.94. The number of nitrogens with zero attached hydrogens (tertiary/aromatic N) is 2. The van der Waals surface area contributed by atoms with E-state index in [-0.39, 0.29) is 0 Å². The van der Waals surface area contributed by atoms with Crippen LogP contribution in [0.4, 0.5) is 5.82 Å². The van der Waals surface area contributed by atoms with Crippen molar-refractivity contribution in [3.63, 3.8) is 0 Å². The van der Waals surface area contributed by atoms with Crippen LogP contribution in [0.1, 0.15) is 13.3 Å². The van der Waals surface area contributed by atoms with E-state index in [1.165, 1.54) is 5.75 Å². The van der Waals surface area contributed by atoms with E-state index in [2.05, 4.69) is 33.8 Å². The van der Waals surface area contributed by atoms with Crippen molar-refractivity contribution in [2.75, 3.05) is 17.3 Å². The highest BCUT2D eigenvalue weighted by molar-refractivity contribution is 7.98. The van der Waals surface area contributed by atoms with Crippen molar-refractivity contribution in [3.05, 3.63) is 17.8 Å². The molecule has 3 nitrogen and oxygen atoms in total. The molecule has 1 atom stereocenters. The number of nitrogens with one attached hydrogen (secondary N) is 1. The molecule has 86 valence electrons. The van der Waals surface area contributed by atoms with E-state index >= 15 is 0 Å². The lowest BCUT2D eigenvalue weighted by molar-refractivity contribution is 0.768. The van der Waals surface area contributed by atoms with E-state index in [0.29, 0.717) is 6.04 Å². The fraction of sp³-hybridized carbons (Fsp3) is 0.455. The Labute approximate surface area is 104 Å². The predicted octanol–water partition coefficient (Wildman–Crippen LogP) is 3.24. The zero-order chi connectivity index (χ0) is 11.4. The number of thiophene rings is 1. The van der Waals surface area contributed by atoms with Gasteiger partial charge in [0.05, 0.1) is 10.2 Å². The van der Waals surface area contributed by atoms with Gasteiger partial charge in [-0.25, -0.2) is 9.97 Å². The number of fused-ring (bicyclic) bond motifs is 1. The van der Waals surface area contributed by atoms with Crippen molar-refractivity contribution in [2.24, 2.45) is 0 Å². The Morgan fingerprint density at radius 3 is 3.19 bits per heavy atom. The minimum atomic E-state index is 0.452. The maximum Gasteiger partial charge on any atom is 0.147 e. The van der Waals surface area contributed by atoms with Gasteiger partial charge in [-0.2, -0.15) is 11.8 Å². The Kier molecular flexibility index (Phi) is 4.01. The van der Waals surface area contributed by atoms with Crippen molar-refractivity contribution in [3.8, 4) is 0 Å². The summed E-state index contributed by atoms with van der Waals surface area (Å²) in [7, 11) is 0. The summed E-state index contributed by atoms with van der Waals surface area (Å²) in [6, 6.07) is 2.48. The lowest BCUT2D eigenvalue weighted by atomic mass is 10.2. The van der Waals surface area contributed by atoms with Crippen LogP contribution in [0.25, 0.3) is 10.2 Å².